The van der Waals surface area contributed by atoms with E-state index in [1.165, 1.54) is 121 Å². The molecule has 0 amide bonds. The summed E-state index contributed by atoms with van der Waals surface area (Å²) >= 11 is 0. The molecule has 21 aliphatic rings. The molecule has 21 aliphatic heterocycles. The minimum Gasteiger partial charge on any atom is -0.382 e. The summed E-state index contributed by atoms with van der Waals surface area (Å²) < 4.78 is 325. The molecule has 21 rings (SSSR count). The van der Waals surface area contributed by atoms with E-state index >= 15 is 0 Å². The topological polar surface area (TPSA) is 460 Å². The van der Waals surface area contributed by atoms with Crippen molar-refractivity contribution in [2.24, 2.45) is 0 Å². The third-order valence-electron chi connectivity index (χ3n) is 19.8. The van der Waals surface area contributed by atoms with Crippen molar-refractivity contribution in [3.8, 4) is 0 Å². The van der Waals surface area contributed by atoms with E-state index < -0.39 is 282 Å². The fourth-order valence-electron chi connectivity index (χ4n) is 15.0. The first kappa shape index (κ1) is 93.9. The smallest absolute Gasteiger partial charge is 0.264 e. The second-order valence-corrected chi connectivity index (χ2v) is 33.2. The number of rotatable bonds is 32. The summed E-state index contributed by atoms with van der Waals surface area (Å²) in [6.07, 6.45) is -45.3. The van der Waals surface area contributed by atoms with Gasteiger partial charge in [0.2, 0.25) is 0 Å². The molecule has 0 radical (unpaired) electrons. The molecule has 0 aromatic heterocycles. The largest absolute Gasteiger partial charge is 0.382 e. The van der Waals surface area contributed by atoms with Crippen LogP contribution >= 0.6 is 0 Å². The standard InChI is InChI=1S/C63H112O43S4/c1-72-22-29-36-43(75-4)51(83-12)58(94-29)103-39-32(25-89-107(18,64)65)98-62(55(87-16)46(39)78-7)106-42-35(28-92-110(21,70)71)97-61(54(86-15)49(42)81-10)102-38-31(24-74-3)95-59(52(84-13)45(38)77-6)104-40-33(26-90-108(19,66)67)99-63(56(88-17)47(40)79-8)105-41-34(27-91-109(20,68)69)96-60(53(85-14)48(41)80-9)101-37-30(23-73-2)93-57(100-36)50(82-11)44(37)76-5/h29-63H,22-28H2,1-21H3/t29-,30-,31-,32-,33-,34-,35-,36-,37-,38-,39-,40-,41-,42-,43+,44+,45+,46+,47+,48+,49+,50-,51-,52-,53-,54-,55-,56-,57-,58-,59-,60-,61-,62-,63-/m1/s1. The van der Waals surface area contributed by atoms with Crippen molar-refractivity contribution < 1.29 is 197 Å². The molecule has 21 heterocycles. The second kappa shape index (κ2) is 42.4. The first-order valence-electron chi connectivity index (χ1n) is 34.7. The van der Waals surface area contributed by atoms with Gasteiger partial charge in [0.15, 0.2) is 44.0 Å². The Kier molecular flexibility index (Phi) is 36.2. The quantitative estimate of drug-likeness (QED) is 0.0577. The predicted molar refractivity (Wildman–Crippen MR) is 365 cm³/mol. The van der Waals surface area contributed by atoms with Gasteiger partial charge < -0.3 is 147 Å². The molecule has 0 aliphatic carbocycles. The Balaban J connectivity index is 1.30. The van der Waals surface area contributed by atoms with E-state index in [9.17, 15) is 33.7 Å². The molecule has 43 nitrogen and oxygen atoms in total. The van der Waals surface area contributed by atoms with Crippen molar-refractivity contribution in [3.05, 3.63) is 0 Å². The van der Waals surface area contributed by atoms with E-state index in [0.717, 1.165) is 25.0 Å². The molecule has 47 heteroatoms. The third-order valence-corrected chi connectivity index (χ3v) is 22.0. The van der Waals surface area contributed by atoms with Gasteiger partial charge in [-0.3, -0.25) is 16.7 Å². The minimum absolute atomic E-state index is 0.226. The molecule has 0 aromatic carbocycles. The van der Waals surface area contributed by atoms with Crippen molar-refractivity contribution in [1.82, 2.24) is 0 Å². The maximum atomic E-state index is 13.0. The van der Waals surface area contributed by atoms with E-state index in [4.69, 9.17) is 164 Å². The monoisotopic (exact) mass is 1680 g/mol. The van der Waals surface area contributed by atoms with Crippen molar-refractivity contribution in [2.45, 2.75) is 215 Å². The summed E-state index contributed by atoms with van der Waals surface area (Å²) in [5.41, 5.74) is 0. The zero-order chi connectivity index (χ0) is 80.9. The molecule has 0 aromatic rings. The van der Waals surface area contributed by atoms with E-state index in [1.807, 2.05) is 0 Å². The lowest BCUT2D eigenvalue weighted by Gasteiger charge is -2.52. The molecule has 21 fully saturated rings. The number of hydrogen-bond acceptors (Lipinski definition) is 43. The Bertz CT molecular complexity index is 3130. The molecule has 646 valence electrons. The van der Waals surface area contributed by atoms with Crippen LogP contribution < -0.4 is 0 Å². The minimum atomic E-state index is -4.28. The molecule has 0 N–H and O–H groups in total. The van der Waals surface area contributed by atoms with Gasteiger partial charge in [0.1, 0.15) is 171 Å². The molecular formula is C63H112O43S4. The van der Waals surface area contributed by atoms with E-state index in [0.29, 0.717) is 0 Å². The maximum Gasteiger partial charge on any atom is 0.264 e. The second-order valence-electron chi connectivity index (χ2n) is 26.6. The first-order valence-corrected chi connectivity index (χ1v) is 42.0. The molecule has 21 saturated heterocycles. The van der Waals surface area contributed by atoms with Gasteiger partial charge in [-0.15, -0.1) is 0 Å². The molecule has 0 spiro atoms. The summed E-state index contributed by atoms with van der Waals surface area (Å²) in [6.45, 7) is -3.84. The van der Waals surface area contributed by atoms with Gasteiger partial charge in [0, 0.05) is 121 Å². The predicted octanol–water partition coefficient (Wildman–Crippen LogP) is -4.18. The number of ether oxygens (including phenoxy) is 31. The highest BCUT2D eigenvalue weighted by Gasteiger charge is 2.63. The Morgan fingerprint density at radius 3 is 0.400 bits per heavy atom. The molecule has 35 atom stereocenters. The fourth-order valence-corrected chi connectivity index (χ4v) is 16.5. The van der Waals surface area contributed by atoms with Crippen molar-refractivity contribution in [1.29, 1.82) is 0 Å². The first-order chi connectivity index (χ1) is 52.3. The molecule has 0 saturated carbocycles. The van der Waals surface area contributed by atoms with Gasteiger partial charge in [-0.2, -0.15) is 33.7 Å². The Hall–Kier alpha value is -1.60. The summed E-state index contributed by atoms with van der Waals surface area (Å²) in [4.78, 5) is 0. The van der Waals surface area contributed by atoms with Gasteiger partial charge in [-0.05, 0) is 0 Å². The molecule has 110 heavy (non-hydrogen) atoms. The number of methoxy groups -OCH3 is 17. The SMILES string of the molecule is COC[C@H]1O[C@@H]2O[C@H]3[C@H](OC)[C@@H](OC)[C@@H](O[C@H]4[C@H](OC)[C@@H](OC)[C@@H](O[C@H]5[C@H](OC)[C@@H](OC)[C@@H](O[C@H]6[C@H](OC)[C@@H](OC)[C@@H](O[C@H]7[C@H](OC)[C@@H](OC)[C@@H](O[C@H]8[C@H](OC)[C@@H](OC)[C@@H](O[C@H]1[C@H](OC)[C@H]2OC)O[C@@H]8COC)O[C@@H]7COS(C)(=O)=O)O[C@@H]6COS(C)(=O)=O)O[C@@H]5COC)O[C@@H]4COS(C)(=O)=O)O[C@@H]3COS(C)(=O)=O. The van der Waals surface area contributed by atoms with Crippen LogP contribution in [0.25, 0.3) is 0 Å². The summed E-state index contributed by atoms with van der Waals surface area (Å²) in [6, 6.07) is 0. The lowest BCUT2D eigenvalue weighted by atomic mass is 9.94. The van der Waals surface area contributed by atoms with E-state index in [1.54, 1.807) is 0 Å². The van der Waals surface area contributed by atoms with Crippen molar-refractivity contribution in [3.63, 3.8) is 0 Å². The van der Waals surface area contributed by atoms with Crippen LogP contribution in [-0.2, 0) is 204 Å². The highest BCUT2D eigenvalue weighted by atomic mass is 32.2. The van der Waals surface area contributed by atoms with Gasteiger partial charge >= 0.3 is 0 Å². The molecule has 14 bridgehead atoms. The highest BCUT2D eigenvalue weighted by Crippen LogP contribution is 2.43. The molecule has 0 unspecified atom stereocenters. The van der Waals surface area contributed by atoms with Crippen molar-refractivity contribution >= 4 is 40.5 Å². The van der Waals surface area contributed by atoms with Crippen LogP contribution in [0.15, 0.2) is 0 Å². The molecular weight excluding hydrogens is 1570 g/mol. The van der Waals surface area contributed by atoms with Crippen LogP contribution in [0.5, 0.6) is 0 Å². The lowest BCUT2D eigenvalue weighted by molar-refractivity contribution is -0.402. The van der Waals surface area contributed by atoms with Crippen LogP contribution in [0.1, 0.15) is 0 Å². The van der Waals surface area contributed by atoms with Crippen LogP contribution in [0.2, 0.25) is 0 Å². The van der Waals surface area contributed by atoms with E-state index in [2.05, 4.69) is 0 Å². The van der Waals surface area contributed by atoms with Gasteiger partial charge in [0.25, 0.3) is 40.5 Å². The van der Waals surface area contributed by atoms with Crippen LogP contribution in [0.3, 0.4) is 0 Å². The summed E-state index contributed by atoms with van der Waals surface area (Å²) in [7, 11) is 5.58. The van der Waals surface area contributed by atoms with Crippen LogP contribution in [0, 0.1) is 0 Å². The van der Waals surface area contributed by atoms with Crippen molar-refractivity contribution in [2.75, 3.05) is 192 Å². The lowest BCUT2D eigenvalue weighted by Crippen LogP contribution is -2.69. The van der Waals surface area contributed by atoms with Crippen LogP contribution in [0.4, 0.5) is 0 Å². The normalized spacial score (nSPS) is 42.9. The van der Waals surface area contributed by atoms with E-state index in [-0.39, 0.29) is 19.8 Å². The van der Waals surface area contributed by atoms with Gasteiger partial charge in [0.05, 0.1) is 71.3 Å². The summed E-state index contributed by atoms with van der Waals surface area (Å²) in [5.74, 6) is 0. The third kappa shape index (κ3) is 22.9. The zero-order valence-corrected chi connectivity index (χ0v) is 68.6. The van der Waals surface area contributed by atoms with Gasteiger partial charge in [-0.25, -0.2) is 0 Å². The average Bonchev–Trinajstić information content (AvgIpc) is 0.767. The Morgan fingerprint density at radius 2 is 0.300 bits per heavy atom. The zero-order valence-electron chi connectivity index (χ0n) is 65.3. The fraction of sp³-hybridized carbons (Fsp3) is 1.00. The summed E-state index contributed by atoms with van der Waals surface area (Å²) in [5, 5.41) is 0. The highest BCUT2D eigenvalue weighted by molar-refractivity contribution is 7.86. The Morgan fingerprint density at radius 1 is 0.182 bits per heavy atom. The van der Waals surface area contributed by atoms with Gasteiger partial charge in [-0.1, -0.05) is 0 Å². The Labute approximate surface area is 642 Å². The number of hydrogen-bond donors (Lipinski definition) is 0. The average molecular weight is 1690 g/mol. The van der Waals surface area contributed by atoms with Crippen LogP contribution in [-0.4, -0.2) is 441 Å². The maximum absolute atomic E-state index is 13.0.